The standard InChI is InChI=1S/C21H34N6O2.HI/c1-8-22-18(24-14-21(5,6)26-19(28)29-20(2,3)4)23-13-17-25-15-11-9-10-12-16(15)27(17)7;/h9-12H,8,13-14H2,1-7H3,(H,26,28)(H2,22,23,24);1H. The van der Waals surface area contributed by atoms with Crippen LogP contribution in [-0.2, 0) is 18.3 Å². The lowest BCUT2D eigenvalue weighted by molar-refractivity contribution is 0.0474. The Hall–Kier alpha value is -2.04. The van der Waals surface area contributed by atoms with E-state index in [4.69, 9.17) is 4.74 Å². The zero-order chi connectivity index (χ0) is 21.7. The van der Waals surface area contributed by atoms with Gasteiger partial charge in [-0.3, -0.25) is 0 Å². The summed E-state index contributed by atoms with van der Waals surface area (Å²) in [6, 6.07) is 8.02. The summed E-state index contributed by atoms with van der Waals surface area (Å²) in [5.74, 6) is 1.55. The molecule has 0 aliphatic rings. The number of aliphatic imine (C=N–C) groups is 1. The van der Waals surface area contributed by atoms with Gasteiger partial charge in [0.25, 0.3) is 0 Å². The second kappa shape index (κ2) is 10.8. The fraction of sp³-hybridized carbons (Fsp3) is 0.571. The number of imidazole rings is 1. The van der Waals surface area contributed by atoms with Gasteiger partial charge < -0.3 is 25.3 Å². The molecule has 0 fully saturated rings. The van der Waals surface area contributed by atoms with Gasteiger partial charge in [-0.1, -0.05) is 12.1 Å². The molecule has 2 rings (SSSR count). The summed E-state index contributed by atoms with van der Waals surface area (Å²) in [4.78, 5) is 21.4. The van der Waals surface area contributed by atoms with Crippen LogP contribution in [0.15, 0.2) is 29.3 Å². The number of carbonyl (C=O) groups excluding carboxylic acids is 1. The molecular formula is C21H35IN6O2. The summed E-state index contributed by atoms with van der Waals surface area (Å²) in [6.07, 6.45) is -0.439. The molecule has 0 radical (unpaired) electrons. The number of hydrogen-bond donors (Lipinski definition) is 3. The molecule has 0 saturated carbocycles. The number of guanidine groups is 1. The number of rotatable bonds is 6. The number of para-hydroxylation sites is 2. The number of nitrogens with one attached hydrogen (secondary N) is 3. The molecule has 0 spiro atoms. The third-order valence-corrected chi connectivity index (χ3v) is 4.14. The molecule has 0 atom stereocenters. The van der Waals surface area contributed by atoms with Crippen LogP contribution in [0.5, 0.6) is 0 Å². The van der Waals surface area contributed by atoms with Gasteiger partial charge in [0.05, 0.1) is 16.6 Å². The van der Waals surface area contributed by atoms with Gasteiger partial charge in [-0.25, -0.2) is 14.8 Å². The van der Waals surface area contributed by atoms with Crippen LogP contribution in [0.4, 0.5) is 4.79 Å². The number of nitrogens with zero attached hydrogens (tertiary/aromatic N) is 3. The van der Waals surface area contributed by atoms with Gasteiger partial charge in [0, 0.05) is 20.1 Å². The molecule has 168 valence electrons. The summed E-state index contributed by atoms with van der Waals surface area (Å²) in [7, 11) is 1.99. The highest BCUT2D eigenvalue weighted by atomic mass is 127. The first kappa shape index (κ1) is 26.0. The fourth-order valence-electron chi connectivity index (χ4n) is 2.76. The van der Waals surface area contributed by atoms with E-state index in [0.29, 0.717) is 19.0 Å². The zero-order valence-corrected chi connectivity index (χ0v) is 21.3. The molecule has 1 aromatic carbocycles. The van der Waals surface area contributed by atoms with Gasteiger partial charge in [0.2, 0.25) is 0 Å². The topological polar surface area (TPSA) is 92.6 Å². The van der Waals surface area contributed by atoms with E-state index in [1.165, 1.54) is 0 Å². The summed E-state index contributed by atoms with van der Waals surface area (Å²) in [5, 5.41) is 9.40. The van der Waals surface area contributed by atoms with E-state index in [1.54, 1.807) is 0 Å². The highest BCUT2D eigenvalue weighted by molar-refractivity contribution is 14.0. The van der Waals surface area contributed by atoms with Crippen molar-refractivity contribution in [2.75, 3.05) is 13.1 Å². The molecule has 1 aromatic heterocycles. The Morgan fingerprint density at radius 2 is 1.83 bits per heavy atom. The Labute approximate surface area is 196 Å². The summed E-state index contributed by atoms with van der Waals surface area (Å²) in [6.45, 7) is 13.1. The minimum absolute atomic E-state index is 0. The van der Waals surface area contributed by atoms with Crippen molar-refractivity contribution in [2.45, 2.75) is 59.2 Å². The van der Waals surface area contributed by atoms with Crippen LogP contribution in [0.2, 0.25) is 0 Å². The number of alkyl carbamates (subject to hydrolysis) is 1. The largest absolute Gasteiger partial charge is 0.444 e. The lowest BCUT2D eigenvalue weighted by Crippen LogP contribution is -2.54. The van der Waals surface area contributed by atoms with Crippen molar-refractivity contribution >= 4 is 47.1 Å². The minimum atomic E-state index is -0.532. The monoisotopic (exact) mass is 530 g/mol. The van der Waals surface area contributed by atoms with Crippen LogP contribution in [0.25, 0.3) is 11.0 Å². The van der Waals surface area contributed by atoms with Crippen LogP contribution in [0, 0.1) is 0 Å². The molecule has 8 nitrogen and oxygen atoms in total. The predicted octanol–water partition coefficient (Wildman–Crippen LogP) is 3.55. The van der Waals surface area contributed by atoms with E-state index in [9.17, 15) is 4.79 Å². The third kappa shape index (κ3) is 8.00. The van der Waals surface area contributed by atoms with Crippen molar-refractivity contribution in [1.29, 1.82) is 0 Å². The second-order valence-corrected chi connectivity index (χ2v) is 8.64. The smallest absolute Gasteiger partial charge is 0.408 e. The molecule has 0 aliphatic heterocycles. The Balaban J connectivity index is 0.00000450. The molecule has 9 heteroatoms. The molecule has 1 heterocycles. The average Bonchev–Trinajstić information content (AvgIpc) is 2.91. The Kier molecular flexibility index (Phi) is 9.38. The van der Waals surface area contributed by atoms with Crippen LogP contribution in [0.3, 0.4) is 0 Å². The van der Waals surface area contributed by atoms with E-state index >= 15 is 0 Å². The summed E-state index contributed by atoms with van der Waals surface area (Å²) >= 11 is 0. The molecular weight excluding hydrogens is 495 g/mol. The van der Waals surface area contributed by atoms with Crippen LogP contribution in [0.1, 0.15) is 47.4 Å². The average molecular weight is 530 g/mol. The molecule has 0 unspecified atom stereocenters. The molecule has 1 amide bonds. The third-order valence-electron chi connectivity index (χ3n) is 4.14. The number of aryl methyl sites for hydroxylation is 1. The van der Waals surface area contributed by atoms with Crippen molar-refractivity contribution in [3.8, 4) is 0 Å². The highest BCUT2D eigenvalue weighted by Crippen LogP contribution is 2.14. The van der Waals surface area contributed by atoms with E-state index in [2.05, 4.69) is 30.5 Å². The Morgan fingerprint density at radius 3 is 2.43 bits per heavy atom. The van der Waals surface area contributed by atoms with Crippen molar-refractivity contribution < 1.29 is 9.53 Å². The SMILES string of the molecule is CCNC(=NCc1nc2ccccc2n1C)NCC(C)(C)NC(=O)OC(C)(C)C.I. The number of hydrogen-bond acceptors (Lipinski definition) is 4. The van der Waals surface area contributed by atoms with Crippen LogP contribution in [-0.4, -0.2) is 45.8 Å². The predicted molar refractivity (Wildman–Crippen MR) is 132 cm³/mol. The maximum absolute atomic E-state index is 12.1. The molecule has 0 bridgehead atoms. The van der Waals surface area contributed by atoms with Crippen LogP contribution < -0.4 is 16.0 Å². The van der Waals surface area contributed by atoms with Crippen molar-refractivity contribution in [1.82, 2.24) is 25.5 Å². The molecule has 0 saturated heterocycles. The first-order chi connectivity index (χ1) is 13.5. The van der Waals surface area contributed by atoms with Gasteiger partial charge >= 0.3 is 6.09 Å². The van der Waals surface area contributed by atoms with Crippen LogP contribution >= 0.6 is 24.0 Å². The fourth-order valence-corrected chi connectivity index (χ4v) is 2.76. The number of amides is 1. The zero-order valence-electron chi connectivity index (χ0n) is 19.0. The van der Waals surface area contributed by atoms with Gasteiger partial charge in [0.15, 0.2) is 5.96 Å². The number of fused-ring (bicyclic) bond motifs is 1. The quantitative estimate of drug-likeness (QED) is 0.302. The van der Waals surface area contributed by atoms with E-state index < -0.39 is 17.2 Å². The van der Waals surface area contributed by atoms with Crippen molar-refractivity contribution in [3.63, 3.8) is 0 Å². The molecule has 3 N–H and O–H groups in total. The first-order valence-electron chi connectivity index (χ1n) is 9.94. The number of halogens is 1. The molecule has 0 aliphatic carbocycles. The van der Waals surface area contributed by atoms with Gasteiger partial charge in [-0.2, -0.15) is 0 Å². The van der Waals surface area contributed by atoms with Gasteiger partial charge in [-0.15, -0.1) is 24.0 Å². The molecule has 2 aromatic rings. The van der Waals surface area contributed by atoms with Crippen molar-refractivity contribution in [2.24, 2.45) is 12.0 Å². The second-order valence-electron chi connectivity index (χ2n) is 8.64. The van der Waals surface area contributed by atoms with Gasteiger partial charge in [0.1, 0.15) is 18.0 Å². The number of ether oxygens (including phenoxy) is 1. The van der Waals surface area contributed by atoms with Gasteiger partial charge in [-0.05, 0) is 53.7 Å². The minimum Gasteiger partial charge on any atom is -0.444 e. The Bertz CT molecular complexity index is 870. The maximum Gasteiger partial charge on any atom is 0.408 e. The summed E-state index contributed by atoms with van der Waals surface area (Å²) in [5.41, 5.74) is 0.991. The maximum atomic E-state index is 12.1. The number of benzene rings is 1. The normalized spacial score (nSPS) is 12.3. The molecule has 30 heavy (non-hydrogen) atoms. The van der Waals surface area contributed by atoms with E-state index in [1.807, 2.05) is 72.9 Å². The first-order valence-corrected chi connectivity index (χ1v) is 9.94. The Morgan fingerprint density at radius 1 is 1.17 bits per heavy atom. The number of aromatic nitrogens is 2. The highest BCUT2D eigenvalue weighted by Gasteiger charge is 2.24. The number of carbonyl (C=O) groups is 1. The lowest BCUT2D eigenvalue weighted by Gasteiger charge is -2.29. The summed E-state index contributed by atoms with van der Waals surface area (Å²) < 4.78 is 7.39. The van der Waals surface area contributed by atoms with Crippen molar-refractivity contribution in [3.05, 3.63) is 30.1 Å². The lowest BCUT2D eigenvalue weighted by atomic mass is 10.1. The van der Waals surface area contributed by atoms with E-state index in [-0.39, 0.29) is 24.0 Å². The van der Waals surface area contributed by atoms with E-state index in [0.717, 1.165) is 23.4 Å².